The van der Waals surface area contributed by atoms with Gasteiger partial charge in [0.2, 0.25) is 0 Å². The monoisotopic (exact) mass is 320 g/mol. The van der Waals surface area contributed by atoms with Crippen LogP contribution in [0.2, 0.25) is 0 Å². The molecule has 2 N–H and O–H groups in total. The first-order chi connectivity index (χ1) is 10.7. The zero-order chi connectivity index (χ0) is 17.1. The van der Waals surface area contributed by atoms with E-state index in [1.54, 1.807) is 0 Å². The third-order valence-electron chi connectivity index (χ3n) is 4.15. The summed E-state index contributed by atoms with van der Waals surface area (Å²) in [5.41, 5.74) is 0.0259. The van der Waals surface area contributed by atoms with Gasteiger partial charge in [-0.15, -0.1) is 0 Å². The van der Waals surface area contributed by atoms with Gasteiger partial charge in [-0.3, -0.25) is 4.90 Å². The Hall–Kier alpha value is -1.59. The molecule has 2 rings (SSSR count). The smallest absolute Gasteiger partial charge is 0.408 e. The fraction of sp³-hybridized carbons (Fsp3) is 0.611. The zero-order valence-electron chi connectivity index (χ0n) is 14.5. The Kier molecular flexibility index (Phi) is 5.32. The SMILES string of the molecule is CC(C)(C)OC(=O)N[C@]1(C)CCN(Cc2ccccc2)C[C@H]1O. The number of alkyl carbamates (subject to hydrolysis) is 1. The van der Waals surface area contributed by atoms with E-state index >= 15 is 0 Å². The van der Waals surface area contributed by atoms with Gasteiger partial charge in [0.15, 0.2) is 0 Å². The summed E-state index contributed by atoms with van der Waals surface area (Å²) < 4.78 is 5.30. The summed E-state index contributed by atoms with van der Waals surface area (Å²) in [5, 5.41) is 13.4. The van der Waals surface area contributed by atoms with E-state index in [0.717, 1.165) is 13.1 Å². The van der Waals surface area contributed by atoms with Crippen molar-refractivity contribution in [3.05, 3.63) is 35.9 Å². The van der Waals surface area contributed by atoms with Crippen molar-refractivity contribution in [2.24, 2.45) is 0 Å². The largest absolute Gasteiger partial charge is 0.444 e. The first kappa shape index (κ1) is 17.8. The van der Waals surface area contributed by atoms with Crippen LogP contribution in [0.15, 0.2) is 30.3 Å². The Morgan fingerprint density at radius 3 is 2.61 bits per heavy atom. The van der Waals surface area contributed by atoms with E-state index in [1.807, 2.05) is 45.9 Å². The number of ether oxygens (including phenoxy) is 1. The molecule has 1 saturated heterocycles. The molecule has 0 bridgehead atoms. The highest BCUT2D eigenvalue weighted by molar-refractivity contribution is 5.68. The molecule has 5 heteroatoms. The first-order valence-electron chi connectivity index (χ1n) is 8.13. The normalized spacial score (nSPS) is 25.9. The number of rotatable bonds is 3. The molecule has 1 aliphatic rings. The second-order valence-corrected chi connectivity index (χ2v) is 7.53. The highest BCUT2D eigenvalue weighted by atomic mass is 16.6. The van der Waals surface area contributed by atoms with Gasteiger partial charge in [-0.05, 0) is 39.7 Å². The van der Waals surface area contributed by atoms with E-state index in [4.69, 9.17) is 4.74 Å². The zero-order valence-corrected chi connectivity index (χ0v) is 14.5. The molecular weight excluding hydrogens is 292 g/mol. The number of aliphatic hydroxyl groups excluding tert-OH is 1. The van der Waals surface area contributed by atoms with E-state index < -0.39 is 23.3 Å². The number of piperidine rings is 1. The van der Waals surface area contributed by atoms with Gasteiger partial charge in [0, 0.05) is 19.6 Å². The molecule has 0 unspecified atom stereocenters. The summed E-state index contributed by atoms with van der Waals surface area (Å²) >= 11 is 0. The number of likely N-dealkylation sites (tertiary alicyclic amines) is 1. The van der Waals surface area contributed by atoms with Gasteiger partial charge in [0.25, 0.3) is 0 Å². The van der Waals surface area contributed by atoms with Crippen LogP contribution in [0.3, 0.4) is 0 Å². The molecule has 1 aliphatic heterocycles. The third kappa shape index (κ3) is 5.22. The topological polar surface area (TPSA) is 61.8 Å². The maximum Gasteiger partial charge on any atom is 0.408 e. The molecular formula is C18H28N2O3. The minimum Gasteiger partial charge on any atom is -0.444 e. The van der Waals surface area contributed by atoms with Crippen LogP contribution >= 0.6 is 0 Å². The molecule has 1 heterocycles. The Bertz CT molecular complexity index is 527. The van der Waals surface area contributed by atoms with Crippen molar-refractivity contribution in [3.8, 4) is 0 Å². The van der Waals surface area contributed by atoms with Gasteiger partial charge in [0.05, 0.1) is 11.6 Å². The summed E-state index contributed by atoms with van der Waals surface area (Å²) in [5.74, 6) is 0. The van der Waals surface area contributed by atoms with Gasteiger partial charge in [0.1, 0.15) is 5.60 Å². The molecule has 0 spiro atoms. The Balaban J connectivity index is 1.91. The summed E-state index contributed by atoms with van der Waals surface area (Å²) in [7, 11) is 0. The highest BCUT2D eigenvalue weighted by Gasteiger charge is 2.40. The third-order valence-corrected chi connectivity index (χ3v) is 4.15. The molecule has 0 aromatic heterocycles. The van der Waals surface area contributed by atoms with Crippen LogP contribution in [0.25, 0.3) is 0 Å². The lowest BCUT2D eigenvalue weighted by atomic mass is 9.86. The maximum absolute atomic E-state index is 12.0. The maximum atomic E-state index is 12.0. The van der Waals surface area contributed by atoms with Gasteiger partial charge in [-0.25, -0.2) is 4.79 Å². The average molecular weight is 320 g/mol. The molecule has 1 aromatic carbocycles. The van der Waals surface area contributed by atoms with Crippen molar-refractivity contribution in [1.29, 1.82) is 0 Å². The molecule has 5 nitrogen and oxygen atoms in total. The molecule has 0 radical (unpaired) electrons. The van der Waals surface area contributed by atoms with Crippen molar-refractivity contribution < 1.29 is 14.6 Å². The van der Waals surface area contributed by atoms with Gasteiger partial charge in [-0.1, -0.05) is 30.3 Å². The Morgan fingerprint density at radius 2 is 2.04 bits per heavy atom. The van der Waals surface area contributed by atoms with E-state index in [2.05, 4.69) is 22.3 Å². The van der Waals surface area contributed by atoms with Crippen LogP contribution in [-0.4, -0.2) is 46.4 Å². The molecule has 1 amide bonds. The van der Waals surface area contributed by atoms with Gasteiger partial charge < -0.3 is 15.2 Å². The predicted octanol–water partition coefficient (Wildman–Crippen LogP) is 2.54. The number of benzene rings is 1. The Morgan fingerprint density at radius 1 is 1.39 bits per heavy atom. The predicted molar refractivity (Wildman–Crippen MR) is 90.1 cm³/mol. The molecule has 1 aromatic rings. The number of nitrogens with zero attached hydrogens (tertiary/aromatic N) is 1. The molecule has 1 fully saturated rings. The van der Waals surface area contributed by atoms with E-state index in [9.17, 15) is 9.90 Å². The Labute approximate surface area is 138 Å². The van der Waals surface area contributed by atoms with E-state index in [-0.39, 0.29) is 0 Å². The lowest BCUT2D eigenvalue weighted by molar-refractivity contribution is -0.0178. The number of carbonyl (C=O) groups excluding carboxylic acids is 1. The first-order valence-corrected chi connectivity index (χ1v) is 8.13. The van der Waals surface area contributed by atoms with Crippen LogP contribution in [0.4, 0.5) is 4.79 Å². The number of carbonyl (C=O) groups is 1. The number of aliphatic hydroxyl groups is 1. The fourth-order valence-electron chi connectivity index (χ4n) is 2.76. The van der Waals surface area contributed by atoms with Crippen molar-refractivity contribution in [1.82, 2.24) is 10.2 Å². The van der Waals surface area contributed by atoms with Crippen molar-refractivity contribution in [2.45, 2.75) is 57.9 Å². The molecule has 2 atom stereocenters. The van der Waals surface area contributed by atoms with Crippen molar-refractivity contribution >= 4 is 6.09 Å². The minimum atomic E-state index is -0.657. The highest BCUT2D eigenvalue weighted by Crippen LogP contribution is 2.24. The molecule has 23 heavy (non-hydrogen) atoms. The van der Waals surface area contributed by atoms with Crippen LogP contribution in [0.5, 0.6) is 0 Å². The fourth-order valence-corrected chi connectivity index (χ4v) is 2.76. The van der Waals surface area contributed by atoms with Crippen LogP contribution in [0, 0.1) is 0 Å². The number of nitrogens with one attached hydrogen (secondary N) is 1. The van der Waals surface area contributed by atoms with Crippen molar-refractivity contribution in [2.75, 3.05) is 13.1 Å². The lowest BCUT2D eigenvalue weighted by Gasteiger charge is -2.43. The van der Waals surface area contributed by atoms with E-state index in [1.165, 1.54) is 5.56 Å². The number of hydrogen-bond acceptors (Lipinski definition) is 4. The van der Waals surface area contributed by atoms with E-state index in [0.29, 0.717) is 13.0 Å². The second kappa shape index (κ2) is 6.89. The number of hydrogen-bond donors (Lipinski definition) is 2. The second-order valence-electron chi connectivity index (χ2n) is 7.53. The molecule has 128 valence electrons. The average Bonchev–Trinajstić information content (AvgIpc) is 2.42. The lowest BCUT2D eigenvalue weighted by Crippen LogP contribution is -2.62. The number of β-amino-alcohol motifs (C(OH)–C–C–N with tert-alkyl or cyclic N) is 1. The minimum absolute atomic E-state index is 0.476. The quantitative estimate of drug-likeness (QED) is 0.898. The van der Waals surface area contributed by atoms with Gasteiger partial charge in [-0.2, -0.15) is 0 Å². The molecule has 0 aliphatic carbocycles. The summed E-state index contributed by atoms with van der Waals surface area (Å²) in [4.78, 5) is 14.2. The van der Waals surface area contributed by atoms with Crippen molar-refractivity contribution in [3.63, 3.8) is 0 Å². The molecule has 0 saturated carbocycles. The van der Waals surface area contributed by atoms with Crippen LogP contribution in [-0.2, 0) is 11.3 Å². The van der Waals surface area contributed by atoms with Crippen LogP contribution < -0.4 is 5.32 Å². The summed E-state index contributed by atoms with van der Waals surface area (Å²) in [6.07, 6.45) is -0.427. The summed E-state index contributed by atoms with van der Waals surface area (Å²) in [6.45, 7) is 9.51. The van der Waals surface area contributed by atoms with Crippen LogP contribution in [0.1, 0.15) is 39.7 Å². The standard InChI is InChI=1S/C18H28N2O3/c1-17(2,3)23-16(22)19-18(4)10-11-20(13-15(18)21)12-14-8-6-5-7-9-14/h5-9,15,21H,10-13H2,1-4H3,(H,19,22)/t15-,18-/m1/s1. The summed E-state index contributed by atoms with van der Waals surface area (Å²) in [6, 6.07) is 10.2. The van der Waals surface area contributed by atoms with Gasteiger partial charge >= 0.3 is 6.09 Å². The number of amides is 1.